The molecular formula is C21H21N7OS. The van der Waals surface area contributed by atoms with Crippen LogP contribution in [-0.2, 0) is 16.6 Å². The molecule has 0 atom stereocenters. The molecule has 8 nitrogen and oxygen atoms in total. The predicted molar refractivity (Wildman–Crippen MR) is 116 cm³/mol. The zero-order valence-electron chi connectivity index (χ0n) is 16.9. The average Bonchev–Trinajstić information content (AvgIpc) is 3.36. The average molecular weight is 420 g/mol. The first kappa shape index (κ1) is 19.8. The maximum absolute atomic E-state index is 12.7. The second-order valence-electron chi connectivity index (χ2n) is 7.74. The lowest BCUT2D eigenvalue weighted by Crippen LogP contribution is -2.18. The molecule has 152 valence electrons. The highest BCUT2D eigenvalue weighted by molar-refractivity contribution is 7.13. The quantitative estimate of drug-likeness (QED) is 0.530. The van der Waals surface area contributed by atoms with Crippen LogP contribution in [0.5, 0.6) is 0 Å². The molecule has 4 aromatic heterocycles. The van der Waals surface area contributed by atoms with E-state index in [0.29, 0.717) is 17.5 Å². The van der Waals surface area contributed by atoms with E-state index in [4.69, 9.17) is 0 Å². The molecular weight excluding hydrogens is 398 g/mol. The molecule has 0 aliphatic heterocycles. The monoisotopic (exact) mass is 419 g/mol. The van der Waals surface area contributed by atoms with Crippen LogP contribution in [0.1, 0.15) is 32.2 Å². The Kier molecular flexibility index (Phi) is 5.37. The van der Waals surface area contributed by atoms with Crippen molar-refractivity contribution in [2.45, 2.75) is 32.6 Å². The summed E-state index contributed by atoms with van der Waals surface area (Å²) in [5, 5.41) is 10.3. The van der Waals surface area contributed by atoms with Gasteiger partial charge in [0.1, 0.15) is 10.8 Å². The Morgan fingerprint density at radius 1 is 1.17 bits per heavy atom. The molecule has 0 fully saturated rings. The van der Waals surface area contributed by atoms with Gasteiger partial charge in [-0.3, -0.25) is 9.78 Å². The summed E-state index contributed by atoms with van der Waals surface area (Å²) in [5.74, 6) is 0.741. The summed E-state index contributed by atoms with van der Waals surface area (Å²) in [6, 6.07) is 7.40. The lowest BCUT2D eigenvalue weighted by Gasteiger charge is -2.13. The van der Waals surface area contributed by atoms with Crippen LogP contribution < -0.4 is 5.32 Å². The standard InChI is InChI=1S/C21H21N7OS/c1-21(2,3)16-11-17(28(27-16)20-23-8-5-9-24-20)26-18(29)10-15-13-30-19(25-15)14-6-4-7-22-12-14/h4-9,11-13H,10H2,1-3H3,(H,26,29). The van der Waals surface area contributed by atoms with Gasteiger partial charge in [-0.15, -0.1) is 11.3 Å². The molecule has 9 heteroatoms. The number of aromatic nitrogens is 6. The van der Waals surface area contributed by atoms with Gasteiger partial charge in [0, 0.05) is 47.2 Å². The van der Waals surface area contributed by atoms with E-state index in [2.05, 4.69) is 51.1 Å². The first-order chi connectivity index (χ1) is 14.4. The van der Waals surface area contributed by atoms with Crippen LogP contribution in [-0.4, -0.2) is 35.6 Å². The molecule has 0 unspecified atom stereocenters. The smallest absolute Gasteiger partial charge is 0.252 e. The van der Waals surface area contributed by atoms with Crippen LogP contribution in [0, 0.1) is 0 Å². The zero-order valence-corrected chi connectivity index (χ0v) is 17.7. The summed E-state index contributed by atoms with van der Waals surface area (Å²) < 4.78 is 1.56. The van der Waals surface area contributed by atoms with E-state index in [1.54, 1.807) is 35.5 Å². The molecule has 0 spiro atoms. The number of hydrogen-bond acceptors (Lipinski definition) is 7. The fourth-order valence-corrected chi connectivity index (χ4v) is 3.56. The number of rotatable bonds is 5. The van der Waals surface area contributed by atoms with Gasteiger partial charge in [0.05, 0.1) is 17.8 Å². The van der Waals surface area contributed by atoms with E-state index >= 15 is 0 Å². The second-order valence-corrected chi connectivity index (χ2v) is 8.59. The Bertz CT molecular complexity index is 1150. The molecule has 0 bridgehead atoms. The Labute approximate surface area is 178 Å². The number of nitrogens with one attached hydrogen (secondary N) is 1. The Morgan fingerprint density at radius 2 is 1.97 bits per heavy atom. The largest absolute Gasteiger partial charge is 0.310 e. The molecule has 0 saturated heterocycles. The summed E-state index contributed by atoms with van der Waals surface area (Å²) in [4.78, 5) is 29.9. The molecule has 4 rings (SSSR count). The molecule has 0 aromatic carbocycles. The van der Waals surface area contributed by atoms with E-state index < -0.39 is 0 Å². The summed E-state index contributed by atoms with van der Waals surface area (Å²) >= 11 is 1.49. The van der Waals surface area contributed by atoms with Crippen molar-refractivity contribution < 1.29 is 4.79 Å². The minimum absolute atomic E-state index is 0.155. The highest BCUT2D eigenvalue weighted by Gasteiger charge is 2.22. The number of amides is 1. The van der Waals surface area contributed by atoms with Crippen LogP contribution in [0.25, 0.3) is 16.5 Å². The van der Waals surface area contributed by atoms with E-state index in [0.717, 1.165) is 16.3 Å². The minimum Gasteiger partial charge on any atom is -0.310 e. The van der Waals surface area contributed by atoms with Gasteiger partial charge in [-0.1, -0.05) is 20.8 Å². The summed E-state index contributed by atoms with van der Waals surface area (Å²) in [6.45, 7) is 6.19. The van der Waals surface area contributed by atoms with Gasteiger partial charge in [-0.25, -0.2) is 15.0 Å². The molecule has 1 amide bonds. The van der Waals surface area contributed by atoms with Crippen molar-refractivity contribution in [2.75, 3.05) is 5.32 Å². The lowest BCUT2D eigenvalue weighted by atomic mass is 9.92. The Balaban J connectivity index is 1.55. The van der Waals surface area contributed by atoms with Gasteiger partial charge < -0.3 is 5.32 Å². The highest BCUT2D eigenvalue weighted by Crippen LogP contribution is 2.26. The second kappa shape index (κ2) is 8.11. The van der Waals surface area contributed by atoms with E-state index in [1.165, 1.54) is 11.3 Å². The van der Waals surface area contributed by atoms with Gasteiger partial charge in [0.2, 0.25) is 5.91 Å². The number of anilines is 1. The van der Waals surface area contributed by atoms with Crippen LogP contribution >= 0.6 is 11.3 Å². The summed E-state index contributed by atoms with van der Waals surface area (Å²) in [6.07, 6.45) is 6.91. The summed E-state index contributed by atoms with van der Waals surface area (Å²) in [5.41, 5.74) is 2.28. The third kappa shape index (κ3) is 4.41. The van der Waals surface area contributed by atoms with Crippen LogP contribution in [0.3, 0.4) is 0 Å². The first-order valence-corrected chi connectivity index (χ1v) is 10.3. The third-order valence-corrected chi connectivity index (χ3v) is 5.23. The molecule has 4 heterocycles. The van der Waals surface area contributed by atoms with Gasteiger partial charge >= 0.3 is 0 Å². The third-order valence-electron chi connectivity index (χ3n) is 4.29. The van der Waals surface area contributed by atoms with Crippen molar-refractivity contribution in [1.29, 1.82) is 0 Å². The van der Waals surface area contributed by atoms with Crippen molar-refractivity contribution in [3.8, 4) is 16.5 Å². The number of carbonyl (C=O) groups is 1. The maximum atomic E-state index is 12.7. The van der Waals surface area contributed by atoms with E-state index in [9.17, 15) is 4.79 Å². The van der Waals surface area contributed by atoms with Crippen molar-refractivity contribution >= 4 is 23.1 Å². The molecule has 0 saturated carbocycles. The van der Waals surface area contributed by atoms with Crippen LogP contribution in [0.15, 0.2) is 54.4 Å². The number of pyridine rings is 1. The number of hydrogen-bond donors (Lipinski definition) is 1. The van der Waals surface area contributed by atoms with E-state index in [-0.39, 0.29) is 17.7 Å². The van der Waals surface area contributed by atoms with Crippen molar-refractivity contribution in [1.82, 2.24) is 29.7 Å². The molecule has 30 heavy (non-hydrogen) atoms. The Hall–Kier alpha value is -3.46. The van der Waals surface area contributed by atoms with Gasteiger partial charge in [0.15, 0.2) is 0 Å². The first-order valence-electron chi connectivity index (χ1n) is 9.43. The van der Waals surface area contributed by atoms with Crippen molar-refractivity contribution in [2.24, 2.45) is 0 Å². The fraction of sp³-hybridized carbons (Fsp3) is 0.238. The van der Waals surface area contributed by atoms with Crippen molar-refractivity contribution in [3.05, 3.63) is 65.8 Å². The molecule has 0 aliphatic carbocycles. The van der Waals surface area contributed by atoms with Crippen molar-refractivity contribution in [3.63, 3.8) is 0 Å². The lowest BCUT2D eigenvalue weighted by molar-refractivity contribution is -0.115. The molecule has 0 aliphatic rings. The van der Waals surface area contributed by atoms with Crippen LogP contribution in [0.2, 0.25) is 0 Å². The van der Waals surface area contributed by atoms with Gasteiger partial charge in [-0.05, 0) is 18.2 Å². The Morgan fingerprint density at radius 3 is 2.67 bits per heavy atom. The maximum Gasteiger partial charge on any atom is 0.252 e. The SMILES string of the molecule is CC(C)(C)c1cc(NC(=O)Cc2csc(-c3cccnc3)n2)n(-c2ncccn2)n1. The molecule has 4 aromatic rings. The number of thiazole rings is 1. The fourth-order valence-electron chi connectivity index (χ4n) is 2.75. The normalized spacial score (nSPS) is 11.4. The topological polar surface area (TPSA) is 98.5 Å². The molecule has 0 radical (unpaired) electrons. The van der Waals surface area contributed by atoms with Crippen LogP contribution in [0.4, 0.5) is 5.82 Å². The highest BCUT2D eigenvalue weighted by atomic mass is 32.1. The number of carbonyl (C=O) groups excluding carboxylic acids is 1. The predicted octanol–water partition coefficient (Wildman–Crippen LogP) is 3.66. The van der Waals surface area contributed by atoms with E-state index in [1.807, 2.05) is 23.6 Å². The van der Waals surface area contributed by atoms with Gasteiger partial charge in [-0.2, -0.15) is 9.78 Å². The summed E-state index contributed by atoms with van der Waals surface area (Å²) in [7, 11) is 0. The number of nitrogens with zero attached hydrogens (tertiary/aromatic N) is 6. The zero-order chi connectivity index (χ0) is 21.1. The molecule has 1 N–H and O–H groups in total. The van der Waals surface area contributed by atoms with Gasteiger partial charge in [0.25, 0.3) is 5.95 Å². The minimum atomic E-state index is -0.187.